The molecule has 2 aromatic rings. The lowest BCUT2D eigenvalue weighted by atomic mass is 10.0. The molecule has 90 valence electrons. The van der Waals surface area contributed by atoms with Gasteiger partial charge in [0.1, 0.15) is 5.82 Å². The minimum atomic E-state index is 0.373. The van der Waals surface area contributed by atoms with E-state index in [9.17, 15) is 0 Å². The predicted molar refractivity (Wildman–Crippen MR) is 68.1 cm³/mol. The van der Waals surface area contributed by atoms with Crippen molar-refractivity contribution >= 4 is 0 Å². The maximum absolute atomic E-state index is 5.54. The summed E-state index contributed by atoms with van der Waals surface area (Å²) >= 11 is 0. The number of aromatic nitrogens is 3. The fourth-order valence-electron chi connectivity index (χ4n) is 1.78. The van der Waals surface area contributed by atoms with Crippen molar-refractivity contribution in [3.05, 3.63) is 41.5 Å². The Bertz CT molecular complexity index is 497. The number of hydrogen-bond acceptors (Lipinski definition) is 3. The van der Waals surface area contributed by atoms with E-state index in [1.54, 1.807) is 0 Å². The Morgan fingerprint density at radius 3 is 2.35 bits per heavy atom. The summed E-state index contributed by atoms with van der Waals surface area (Å²) in [5.74, 6) is 2.08. The molecular weight excluding hydrogens is 212 g/mol. The maximum atomic E-state index is 5.54. The summed E-state index contributed by atoms with van der Waals surface area (Å²) < 4.78 is 1.83. The van der Waals surface area contributed by atoms with Crippen LogP contribution in [0.4, 0.5) is 0 Å². The highest BCUT2D eigenvalue weighted by Gasteiger charge is 2.07. The summed E-state index contributed by atoms with van der Waals surface area (Å²) in [5, 5.41) is 4.35. The van der Waals surface area contributed by atoms with Gasteiger partial charge in [-0.25, -0.2) is 9.67 Å². The molecule has 4 nitrogen and oxygen atoms in total. The van der Waals surface area contributed by atoms with Crippen LogP contribution in [0.15, 0.2) is 24.3 Å². The molecule has 0 aliphatic carbocycles. The Hall–Kier alpha value is -1.68. The van der Waals surface area contributed by atoms with E-state index in [1.807, 2.05) is 11.6 Å². The Morgan fingerprint density at radius 1 is 1.24 bits per heavy atom. The van der Waals surface area contributed by atoms with Crippen LogP contribution in [-0.2, 0) is 6.54 Å². The normalized spacial score (nSPS) is 11.1. The van der Waals surface area contributed by atoms with Gasteiger partial charge in [0.25, 0.3) is 0 Å². The first-order valence-corrected chi connectivity index (χ1v) is 5.84. The first-order valence-electron chi connectivity index (χ1n) is 5.84. The molecule has 0 aliphatic rings. The van der Waals surface area contributed by atoms with E-state index in [1.165, 1.54) is 5.56 Å². The third kappa shape index (κ3) is 2.36. The van der Waals surface area contributed by atoms with Crippen molar-refractivity contribution in [2.45, 2.75) is 33.2 Å². The predicted octanol–water partition coefficient (Wildman–Crippen LogP) is 2.16. The van der Waals surface area contributed by atoms with Crippen molar-refractivity contribution in [1.29, 1.82) is 0 Å². The minimum Gasteiger partial charge on any atom is -0.324 e. The summed E-state index contributed by atoms with van der Waals surface area (Å²) in [6, 6.07) is 8.39. The molecule has 0 radical (unpaired) electrons. The third-order valence-corrected chi connectivity index (χ3v) is 2.80. The number of rotatable bonds is 3. The van der Waals surface area contributed by atoms with Crippen molar-refractivity contribution < 1.29 is 0 Å². The summed E-state index contributed by atoms with van der Waals surface area (Å²) in [6.45, 7) is 6.67. The summed E-state index contributed by atoms with van der Waals surface area (Å²) in [6.07, 6.45) is 0. The van der Waals surface area contributed by atoms with Crippen LogP contribution >= 0.6 is 0 Å². The van der Waals surface area contributed by atoms with Gasteiger partial charge >= 0.3 is 0 Å². The average molecular weight is 230 g/mol. The van der Waals surface area contributed by atoms with E-state index in [0.717, 1.165) is 11.5 Å². The van der Waals surface area contributed by atoms with Gasteiger partial charge in [-0.1, -0.05) is 26.0 Å². The van der Waals surface area contributed by atoms with Crippen molar-refractivity contribution in [3.8, 4) is 5.69 Å². The van der Waals surface area contributed by atoms with Gasteiger partial charge in [0.2, 0.25) is 0 Å². The molecule has 0 unspecified atom stereocenters. The minimum absolute atomic E-state index is 0.373. The van der Waals surface area contributed by atoms with Crippen LogP contribution in [0.25, 0.3) is 5.69 Å². The molecule has 0 bridgehead atoms. The first kappa shape index (κ1) is 11.8. The SMILES string of the molecule is Cc1nc(CN)nn1-c1ccc(C(C)C)cc1. The molecule has 1 aromatic heterocycles. The van der Waals surface area contributed by atoms with Crippen LogP contribution in [0.3, 0.4) is 0 Å². The summed E-state index contributed by atoms with van der Waals surface area (Å²) in [5.41, 5.74) is 7.89. The molecule has 1 aromatic carbocycles. The average Bonchev–Trinajstić information content (AvgIpc) is 2.71. The molecule has 0 amide bonds. The van der Waals surface area contributed by atoms with Gasteiger partial charge in [-0.3, -0.25) is 0 Å². The zero-order chi connectivity index (χ0) is 12.4. The molecule has 0 atom stereocenters. The second-order valence-electron chi connectivity index (χ2n) is 4.44. The molecule has 2 N–H and O–H groups in total. The Morgan fingerprint density at radius 2 is 1.88 bits per heavy atom. The lowest BCUT2D eigenvalue weighted by Crippen LogP contribution is -2.02. The fraction of sp³-hybridized carbons (Fsp3) is 0.385. The van der Waals surface area contributed by atoms with Crippen LogP contribution in [0, 0.1) is 6.92 Å². The van der Waals surface area contributed by atoms with Crippen LogP contribution in [0.5, 0.6) is 0 Å². The monoisotopic (exact) mass is 230 g/mol. The molecular formula is C13H18N4. The smallest absolute Gasteiger partial charge is 0.164 e. The molecule has 0 fully saturated rings. The van der Waals surface area contributed by atoms with Crippen molar-refractivity contribution in [3.63, 3.8) is 0 Å². The maximum Gasteiger partial charge on any atom is 0.164 e. The third-order valence-electron chi connectivity index (χ3n) is 2.80. The highest BCUT2D eigenvalue weighted by molar-refractivity contribution is 5.35. The molecule has 0 aliphatic heterocycles. The Kier molecular flexibility index (Phi) is 3.24. The van der Waals surface area contributed by atoms with Gasteiger partial charge in [-0.05, 0) is 30.5 Å². The van der Waals surface area contributed by atoms with E-state index >= 15 is 0 Å². The highest BCUT2D eigenvalue weighted by Crippen LogP contribution is 2.17. The van der Waals surface area contributed by atoms with Crippen molar-refractivity contribution in [2.75, 3.05) is 0 Å². The largest absolute Gasteiger partial charge is 0.324 e. The van der Waals surface area contributed by atoms with Crippen molar-refractivity contribution in [1.82, 2.24) is 14.8 Å². The zero-order valence-electron chi connectivity index (χ0n) is 10.5. The van der Waals surface area contributed by atoms with Gasteiger partial charge in [0.05, 0.1) is 12.2 Å². The van der Waals surface area contributed by atoms with Crippen LogP contribution in [0.2, 0.25) is 0 Å². The van der Waals surface area contributed by atoms with E-state index in [-0.39, 0.29) is 0 Å². The lowest BCUT2D eigenvalue weighted by molar-refractivity contribution is 0.808. The standard InChI is InChI=1S/C13H18N4/c1-9(2)11-4-6-12(7-5-11)17-10(3)15-13(8-14)16-17/h4-7,9H,8,14H2,1-3H3. The number of benzene rings is 1. The molecule has 0 saturated heterocycles. The summed E-state index contributed by atoms with van der Waals surface area (Å²) in [4.78, 5) is 4.29. The van der Waals surface area contributed by atoms with Gasteiger partial charge in [-0.15, -0.1) is 5.10 Å². The molecule has 0 saturated carbocycles. The second-order valence-corrected chi connectivity index (χ2v) is 4.44. The van der Waals surface area contributed by atoms with E-state index in [2.05, 4.69) is 48.2 Å². The number of hydrogen-bond donors (Lipinski definition) is 1. The van der Waals surface area contributed by atoms with E-state index in [0.29, 0.717) is 18.3 Å². The fourth-order valence-corrected chi connectivity index (χ4v) is 1.78. The molecule has 2 rings (SSSR count). The van der Waals surface area contributed by atoms with Crippen LogP contribution in [-0.4, -0.2) is 14.8 Å². The highest BCUT2D eigenvalue weighted by atomic mass is 15.3. The summed E-state index contributed by atoms with van der Waals surface area (Å²) in [7, 11) is 0. The molecule has 1 heterocycles. The van der Waals surface area contributed by atoms with Crippen molar-refractivity contribution in [2.24, 2.45) is 5.73 Å². The lowest BCUT2D eigenvalue weighted by Gasteiger charge is -2.07. The second kappa shape index (κ2) is 4.67. The Balaban J connectivity index is 2.36. The first-order chi connectivity index (χ1) is 8.11. The van der Waals surface area contributed by atoms with Gasteiger partial charge < -0.3 is 5.73 Å². The van der Waals surface area contributed by atoms with E-state index < -0.39 is 0 Å². The van der Waals surface area contributed by atoms with Gasteiger partial charge in [-0.2, -0.15) is 0 Å². The van der Waals surface area contributed by atoms with Crippen LogP contribution < -0.4 is 5.73 Å². The van der Waals surface area contributed by atoms with Crippen LogP contribution in [0.1, 0.15) is 37.0 Å². The number of nitrogens with two attached hydrogens (primary N) is 1. The van der Waals surface area contributed by atoms with Gasteiger partial charge in [0, 0.05) is 0 Å². The molecule has 0 spiro atoms. The zero-order valence-corrected chi connectivity index (χ0v) is 10.5. The Labute approximate surface area is 101 Å². The topological polar surface area (TPSA) is 56.7 Å². The number of aryl methyl sites for hydroxylation is 1. The quantitative estimate of drug-likeness (QED) is 0.879. The molecule has 4 heteroatoms. The van der Waals surface area contributed by atoms with E-state index in [4.69, 9.17) is 5.73 Å². The molecule has 17 heavy (non-hydrogen) atoms. The number of nitrogens with zero attached hydrogens (tertiary/aromatic N) is 3. The van der Waals surface area contributed by atoms with Gasteiger partial charge in [0.15, 0.2) is 5.82 Å².